The number of benzene rings is 2. The Balaban J connectivity index is 0.00000544. The van der Waals surface area contributed by atoms with E-state index in [0.29, 0.717) is 43.3 Å². The van der Waals surface area contributed by atoms with Crippen LogP contribution >= 0.6 is 24.0 Å². The summed E-state index contributed by atoms with van der Waals surface area (Å²) in [5.74, 6) is 0.756. The first kappa shape index (κ1) is 28.4. The largest absolute Gasteiger partial charge is 0.357 e. The molecule has 2 aromatic carbocycles. The molecule has 0 aliphatic rings. The topological polar surface area (TPSA) is 77.0 Å². The zero-order chi connectivity index (χ0) is 23.5. The van der Waals surface area contributed by atoms with Crippen LogP contribution < -0.4 is 10.6 Å². The second-order valence-electron chi connectivity index (χ2n) is 7.62. The highest BCUT2D eigenvalue weighted by molar-refractivity contribution is 14.0. The van der Waals surface area contributed by atoms with Gasteiger partial charge in [0.05, 0.1) is 6.54 Å². The Hall–Kier alpha value is -2.62. The summed E-state index contributed by atoms with van der Waals surface area (Å²) in [6.45, 7) is 9.24. The normalized spacial score (nSPS) is 10.8. The molecule has 7 nitrogen and oxygen atoms in total. The third-order valence-electron chi connectivity index (χ3n) is 5.08. The van der Waals surface area contributed by atoms with Gasteiger partial charge in [0, 0.05) is 51.4 Å². The average Bonchev–Trinajstić information content (AvgIpc) is 2.81. The van der Waals surface area contributed by atoms with Crippen LogP contribution in [0.25, 0.3) is 0 Å². The Morgan fingerprint density at radius 1 is 0.788 bits per heavy atom. The molecule has 0 heterocycles. The number of carbonyl (C=O) groups excluding carboxylic acids is 2. The summed E-state index contributed by atoms with van der Waals surface area (Å²) in [5.41, 5.74) is 3.46. The molecule has 0 atom stereocenters. The molecule has 0 radical (unpaired) electrons. The van der Waals surface area contributed by atoms with E-state index in [4.69, 9.17) is 0 Å². The molecule has 0 saturated heterocycles. The minimum Gasteiger partial charge on any atom is -0.357 e. The molecule has 0 aliphatic heterocycles. The lowest BCUT2D eigenvalue weighted by atomic mass is 10.1. The molecule has 0 aromatic heterocycles. The molecule has 0 bridgehead atoms. The molecule has 0 unspecified atom stereocenters. The number of aliphatic imine (C=N–C) groups is 1. The monoisotopic (exact) mass is 565 g/mol. The molecule has 0 aliphatic carbocycles. The SMILES string of the molecule is CCNC(=NCc1ccc(C(=O)N(CC)CC)cc1)NCc1ccc(C(=O)N(C)C)cc1.I. The van der Waals surface area contributed by atoms with E-state index in [1.807, 2.05) is 74.2 Å². The number of halogens is 1. The molecular formula is C25H36IN5O2. The fourth-order valence-corrected chi connectivity index (χ4v) is 3.17. The van der Waals surface area contributed by atoms with Crippen molar-refractivity contribution in [2.45, 2.75) is 33.9 Å². The zero-order valence-electron chi connectivity index (χ0n) is 20.2. The Bertz CT molecular complexity index is 907. The van der Waals surface area contributed by atoms with E-state index in [0.717, 1.165) is 17.7 Å². The molecule has 0 spiro atoms. The number of carbonyl (C=O) groups is 2. The van der Waals surface area contributed by atoms with Crippen LogP contribution in [0.5, 0.6) is 0 Å². The van der Waals surface area contributed by atoms with E-state index in [-0.39, 0.29) is 35.8 Å². The molecule has 33 heavy (non-hydrogen) atoms. The van der Waals surface area contributed by atoms with Crippen LogP contribution in [0.15, 0.2) is 53.5 Å². The Morgan fingerprint density at radius 3 is 1.79 bits per heavy atom. The van der Waals surface area contributed by atoms with Gasteiger partial charge in [0.2, 0.25) is 0 Å². The van der Waals surface area contributed by atoms with Gasteiger partial charge in [-0.2, -0.15) is 0 Å². The van der Waals surface area contributed by atoms with Crippen LogP contribution in [-0.2, 0) is 13.1 Å². The first-order chi connectivity index (χ1) is 15.4. The van der Waals surface area contributed by atoms with Crippen molar-refractivity contribution >= 4 is 41.8 Å². The number of nitrogens with one attached hydrogen (secondary N) is 2. The summed E-state index contributed by atoms with van der Waals surface area (Å²) < 4.78 is 0. The molecule has 0 fully saturated rings. The van der Waals surface area contributed by atoms with Gasteiger partial charge in [0.15, 0.2) is 5.96 Å². The lowest BCUT2D eigenvalue weighted by Crippen LogP contribution is -2.36. The number of hydrogen-bond donors (Lipinski definition) is 2. The maximum absolute atomic E-state index is 12.4. The van der Waals surface area contributed by atoms with Crippen LogP contribution in [0, 0.1) is 0 Å². The number of hydrogen-bond acceptors (Lipinski definition) is 3. The van der Waals surface area contributed by atoms with Crippen molar-refractivity contribution < 1.29 is 9.59 Å². The lowest BCUT2D eigenvalue weighted by molar-refractivity contribution is 0.0772. The zero-order valence-corrected chi connectivity index (χ0v) is 22.6. The second kappa shape index (κ2) is 14.5. The summed E-state index contributed by atoms with van der Waals surface area (Å²) in [7, 11) is 3.49. The lowest BCUT2D eigenvalue weighted by Gasteiger charge is -2.18. The number of amides is 2. The summed E-state index contributed by atoms with van der Waals surface area (Å²) in [6.07, 6.45) is 0. The van der Waals surface area contributed by atoms with E-state index in [9.17, 15) is 9.59 Å². The van der Waals surface area contributed by atoms with Crippen LogP contribution in [-0.4, -0.2) is 61.3 Å². The van der Waals surface area contributed by atoms with Gasteiger partial charge in [-0.3, -0.25) is 9.59 Å². The van der Waals surface area contributed by atoms with Crippen molar-refractivity contribution in [3.05, 3.63) is 70.8 Å². The van der Waals surface area contributed by atoms with E-state index < -0.39 is 0 Å². The van der Waals surface area contributed by atoms with Crippen LogP contribution in [0.4, 0.5) is 0 Å². The highest BCUT2D eigenvalue weighted by Crippen LogP contribution is 2.09. The maximum atomic E-state index is 12.4. The Labute approximate surface area is 214 Å². The molecule has 0 saturated carbocycles. The number of nitrogens with zero attached hydrogens (tertiary/aromatic N) is 3. The smallest absolute Gasteiger partial charge is 0.253 e. The Kier molecular flexibility index (Phi) is 12.5. The highest BCUT2D eigenvalue weighted by atomic mass is 127. The van der Waals surface area contributed by atoms with Crippen LogP contribution in [0.3, 0.4) is 0 Å². The molecule has 2 rings (SSSR count). The highest BCUT2D eigenvalue weighted by Gasteiger charge is 2.12. The van der Waals surface area contributed by atoms with E-state index in [2.05, 4.69) is 15.6 Å². The first-order valence-corrected chi connectivity index (χ1v) is 11.1. The van der Waals surface area contributed by atoms with Crippen molar-refractivity contribution in [1.29, 1.82) is 0 Å². The fourth-order valence-electron chi connectivity index (χ4n) is 3.17. The van der Waals surface area contributed by atoms with E-state index in [1.54, 1.807) is 19.0 Å². The van der Waals surface area contributed by atoms with Gasteiger partial charge in [-0.1, -0.05) is 24.3 Å². The summed E-state index contributed by atoms with van der Waals surface area (Å²) >= 11 is 0. The molecule has 8 heteroatoms. The third-order valence-corrected chi connectivity index (χ3v) is 5.08. The standard InChI is InChI=1S/C25H35N5O2.HI/c1-6-26-25(27-17-19-9-13-21(14-10-19)23(31)29(4)5)28-18-20-11-15-22(16-12-20)24(32)30(7-2)8-3;/h9-16H,6-8,17-18H2,1-5H3,(H2,26,27,28);1H. The van der Waals surface area contributed by atoms with Crippen molar-refractivity contribution in [3.63, 3.8) is 0 Å². The molecule has 2 N–H and O–H groups in total. The Morgan fingerprint density at radius 2 is 1.30 bits per heavy atom. The third kappa shape index (κ3) is 8.68. The second-order valence-corrected chi connectivity index (χ2v) is 7.62. The quantitative estimate of drug-likeness (QED) is 0.276. The van der Waals surface area contributed by atoms with Crippen molar-refractivity contribution in [2.75, 3.05) is 33.7 Å². The summed E-state index contributed by atoms with van der Waals surface area (Å²) in [6, 6.07) is 15.2. The van der Waals surface area contributed by atoms with Gasteiger partial charge in [0.25, 0.3) is 11.8 Å². The molecular weight excluding hydrogens is 529 g/mol. The summed E-state index contributed by atoms with van der Waals surface area (Å²) in [5, 5.41) is 6.57. The van der Waals surface area contributed by atoms with Crippen LogP contribution in [0.1, 0.15) is 52.6 Å². The van der Waals surface area contributed by atoms with Crippen molar-refractivity contribution in [3.8, 4) is 0 Å². The molecule has 180 valence electrons. The van der Waals surface area contributed by atoms with Gasteiger partial charge >= 0.3 is 0 Å². The van der Waals surface area contributed by atoms with Gasteiger partial charge in [-0.05, 0) is 56.2 Å². The number of rotatable bonds is 9. The van der Waals surface area contributed by atoms with Gasteiger partial charge in [-0.25, -0.2) is 4.99 Å². The first-order valence-electron chi connectivity index (χ1n) is 11.1. The predicted molar refractivity (Wildman–Crippen MR) is 145 cm³/mol. The summed E-state index contributed by atoms with van der Waals surface area (Å²) in [4.78, 5) is 32.5. The van der Waals surface area contributed by atoms with Gasteiger partial charge in [0.1, 0.15) is 0 Å². The van der Waals surface area contributed by atoms with Gasteiger partial charge < -0.3 is 20.4 Å². The average molecular weight is 566 g/mol. The molecule has 2 aromatic rings. The van der Waals surface area contributed by atoms with E-state index >= 15 is 0 Å². The van der Waals surface area contributed by atoms with Crippen LogP contribution in [0.2, 0.25) is 0 Å². The van der Waals surface area contributed by atoms with Gasteiger partial charge in [-0.15, -0.1) is 24.0 Å². The number of guanidine groups is 1. The minimum absolute atomic E-state index is 0. The van der Waals surface area contributed by atoms with E-state index in [1.165, 1.54) is 0 Å². The maximum Gasteiger partial charge on any atom is 0.253 e. The van der Waals surface area contributed by atoms with Crippen molar-refractivity contribution in [1.82, 2.24) is 20.4 Å². The fraction of sp³-hybridized carbons (Fsp3) is 0.400. The molecule has 2 amide bonds. The predicted octanol–water partition coefficient (Wildman–Crippen LogP) is 3.74. The minimum atomic E-state index is -0.00998. The van der Waals surface area contributed by atoms with Crippen molar-refractivity contribution in [2.24, 2.45) is 4.99 Å².